The molecule has 5 aromatic rings. The van der Waals surface area contributed by atoms with Crippen LogP contribution in [0.15, 0.2) is 96.2 Å². The lowest BCUT2D eigenvalue weighted by Crippen LogP contribution is -2.27. The van der Waals surface area contributed by atoms with Crippen LogP contribution in [0.25, 0.3) is 33.4 Å². The van der Waals surface area contributed by atoms with Crippen LogP contribution < -0.4 is 26.0 Å². The smallest absolute Gasteiger partial charge is 0.406 e. The molecule has 0 aliphatic carbocycles. The summed E-state index contributed by atoms with van der Waals surface area (Å²) in [4.78, 5) is 30.7. The van der Waals surface area contributed by atoms with Gasteiger partial charge in [0.2, 0.25) is 5.43 Å². The van der Waals surface area contributed by atoms with Crippen molar-refractivity contribution < 1.29 is 48.3 Å². The summed E-state index contributed by atoms with van der Waals surface area (Å²) in [5, 5.41) is 2.56. The molecule has 0 radical (unpaired) electrons. The number of carbonyl (C=O) groups excluding carboxylic acids is 1. The number of anilines is 2. The average Bonchev–Trinajstić information content (AvgIpc) is 3.02. The van der Waals surface area contributed by atoms with E-state index in [9.17, 15) is 27.2 Å². The van der Waals surface area contributed by atoms with Crippen LogP contribution in [0.3, 0.4) is 0 Å². The molecule has 0 saturated heterocycles. The molecule has 0 fully saturated rings. The van der Waals surface area contributed by atoms with Gasteiger partial charge in [0, 0.05) is 41.0 Å². The van der Waals surface area contributed by atoms with Crippen LogP contribution in [0.4, 0.5) is 29.1 Å². The summed E-state index contributed by atoms with van der Waals surface area (Å²) in [6.07, 6.45) is -1.16. The third-order valence-corrected chi connectivity index (χ3v) is 6.93. The zero-order valence-electron chi connectivity index (χ0n) is 25.9. The molecule has 0 saturated carbocycles. The van der Waals surface area contributed by atoms with Gasteiger partial charge >= 0.3 is 6.18 Å². The number of hydrogen-bond donors (Lipinski definition) is 2. The highest BCUT2D eigenvalue weighted by Gasteiger charge is 2.29. The third kappa shape index (κ3) is 9.55. The maximum Gasteiger partial charge on any atom is 0.406 e. The topological polar surface area (TPSA) is 203 Å². The molecule has 5 rings (SSSR count). The highest BCUT2D eigenvalue weighted by atomic mass is 35.5. The van der Waals surface area contributed by atoms with Crippen molar-refractivity contribution in [1.29, 1.82) is 0 Å². The summed E-state index contributed by atoms with van der Waals surface area (Å²) in [6, 6.07) is 18.4. The number of amides is 1. The van der Waals surface area contributed by atoms with Gasteiger partial charge in [0.05, 0.1) is 14.2 Å². The average molecular weight is 709 g/mol. The molecule has 9 N–H and O–H groups in total. The van der Waals surface area contributed by atoms with Gasteiger partial charge in [-0.15, -0.1) is 12.4 Å². The summed E-state index contributed by atoms with van der Waals surface area (Å²) >= 11 is 0. The zero-order valence-corrected chi connectivity index (χ0v) is 26.7. The number of nitrogens with two attached hydrogens (primary N) is 1. The van der Waals surface area contributed by atoms with E-state index in [-0.39, 0.29) is 51.5 Å². The summed E-state index contributed by atoms with van der Waals surface area (Å²) in [7, 11) is 3.08. The Bertz CT molecular complexity index is 1940. The summed E-state index contributed by atoms with van der Waals surface area (Å²) in [5.41, 5.74) is 7.97. The number of methoxy groups -OCH3 is 2. The molecule has 0 spiro atoms. The van der Waals surface area contributed by atoms with Crippen molar-refractivity contribution in [2.75, 3.05) is 25.3 Å². The molecule has 3 aromatic carbocycles. The SMILES string of the molecule is COc1ccc(-c2cnc(N)c(-c3ccc(NC(=O)c4cn(CC(F)(F)F)cc(-c5ccc(F)cc5)c4=O)cc3)c2)cc1OC.Cl.O.O.O. The summed E-state index contributed by atoms with van der Waals surface area (Å²) < 4.78 is 64.5. The highest BCUT2D eigenvalue weighted by Crippen LogP contribution is 2.35. The van der Waals surface area contributed by atoms with E-state index in [1.54, 1.807) is 43.6 Å². The number of halogens is 5. The van der Waals surface area contributed by atoms with Gasteiger partial charge in [0.15, 0.2) is 11.5 Å². The lowest BCUT2D eigenvalue weighted by atomic mass is 10.0. The lowest BCUT2D eigenvalue weighted by molar-refractivity contribution is -0.140. The number of rotatable bonds is 8. The third-order valence-electron chi connectivity index (χ3n) is 6.93. The fraction of sp³-hybridized carbons (Fsp3) is 0.121. The first kappa shape index (κ1) is 41.5. The number of ether oxygens (including phenoxy) is 2. The van der Waals surface area contributed by atoms with Crippen molar-refractivity contribution in [2.45, 2.75) is 12.7 Å². The molecular formula is C33H33ClF4N4O7. The van der Waals surface area contributed by atoms with E-state index < -0.39 is 35.4 Å². The number of hydrogen-bond acceptors (Lipinski definition) is 6. The van der Waals surface area contributed by atoms with Crippen LogP contribution in [-0.4, -0.2) is 52.3 Å². The highest BCUT2D eigenvalue weighted by molar-refractivity contribution is 6.04. The van der Waals surface area contributed by atoms with Crippen molar-refractivity contribution in [2.24, 2.45) is 0 Å². The standard InChI is InChI=1S/C33H26F4N4O4.ClH.3H2O/c1-44-28-12-7-21(14-29(28)45-2)22-13-25(31(38)39-15-22)19-5-10-24(11-6-19)40-32(43)27-17-41(18-33(35,36)37)16-26(30(27)42)20-3-8-23(34)9-4-20;;;;/h3-17H,18H2,1-2H3,(H2,38,39)(H,40,43);1H;3*1H2. The van der Waals surface area contributed by atoms with Crippen LogP contribution in [0, 0.1) is 5.82 Å². The molecule has 262 valence electrons. The van der Waals surface area contributed by atoms with Crippen LogP contribution in [0.5, 0.6) is 11.5 Å². The minimum atomic E-state index is -4.62. The second-order valence-electron chi connectivity index (χ2n) is 9.97. The summed E-state index contributed by atoms with van der Waals surface area (Å²) in [6.45, 7) is -1.44. The van der Waals surface area contributed by atoms with Crippen molar-refractivity contribution in [1.82, 2.24) is 9.55 Å². The first-order valence-corrected chi connectivity index (χ1v) is 13.4. The maximum atomic E-state index is 13.4. The minimum Gasteiger partial charge on any atom is -0.493 e. The van der Waals surface area contributed by atoms with Crippen LogP contribution in [0.1, 0.15) is 10.4 Å². The van der Waals surface area contributed by atoms with Crippen LogP contribution in [0.2, 0.25) is 0 Å². The number of nitrogens with one attached hydrogen (secondary N) is 1. The second kappa shape index (κ2) is 17.1. The monoisotopic (exact) mass is 708 g/mol. The molecular weight excluding hydrogens is 676 g/mol. The molecule has 0 atom stereocenters. The maximum absolute atomic E-state index is 13.4. The molecule has 2 heterocycles. The normalized spacial score (nSPS) is 10.3. The Morgan fingerprint density at radius 2 is 1.39 bits per heavy atom. The zero-order chi connectivity index (χ0) is 32.3. The number of nitrogen functional groups attached to an aromatic ring is 1. The van der Waals surface area contributed by atoms with Crippen molar-refractivity contribution in [3.05, 3.63) is 113 Å². The molecule has 2 aromatic heterocycles. The van der Waals surface area contributed by atoms with E-state index >= 15 is 0 Å². The van der Waals surface area contributed by atoms with Gasteiger partial charge in [-0.1, -0.05) is 30.3 Å². The number of alkyl halides is 3. The van der Waals surface area contributed by atoms with Gasteiger partial charge in [0.1, 0.15) is 23.7 Å². The van der Waals surface area contributed by atoms with E-state index in [2.05, 4.69) is 10.3 Å². The lowest BCUT2D eigenvalue weighted by Gasteiger charge is -2.14. The predicted molar refractivity (Wildman–Crippen MR) is 181 cm³/mol. The van der Waals surface area contributed by atoms with Gasteiger partial charge in [-0.25, -0.2) is 9.37 Å². The Balaban J connectivity index is 0.00000300. The molecule has 1 amide bonds. The van der Waals surface area contributed by atoms with Crippen molar-refractivity contribution in [3.8, 4) is 44.9 Å². The molecule has 49 heavy (non-hydrogen) atoms. The van der Waals surface area contributed by atoms with Crippen LogP contribution in [-0.2, 0) is 6.54 Å². The first-order valence-electron chi connectivity index (χ1n) is 13.4. The number of nitrogens with zero attached hydrogens (tertiary/aromatic N) is 2. The Morgan fingerprint density at radius 3 is 1.98 bits per heavy atom. The first-order chi connectivity index (χ1) is 21.5. The van der Waals surface area contributed by atoms with Gasteiger partial charge in [-0.2, -0.15) is 13.2 Å². The van der Waals surface area contributed by atoms with E-state index in [1.165, 1.54) is 19.2 Å². The molecule has 0 unspecified atom stereocenters. The van der Waals surface area contributed by atoms with Crippen LogP contribution >= 0.6 is 12.4 Å². The number of aromatic nitrogens is 2. The Hall–Kier alpha value is -5.48. The van der Waals surface area contributed by atoms with Gasteiger partial charge in [-0.3, -0.25) is 9.59 Å². The van der Waals surface area contributed by atoms with Crippen molar-refractivity contribution >= 4 is 29.8 Å². The number of benzene rings is 3. The van der Waals surface area contributed by atoms with E-state index in [4.69, 9.17) is 15.2 Å². The van der Waals surface area contributed by atoms with Crippen molar-refractivity contribution in [3.63, 3.8) is 0 Å². The fourth-order valence-corrected chi connectivity index (χ4v) is 4.74. The molecule has 0 aliphatic rings. The van der Waals surface area contributed by atoms with Gasteiger partial charge in [0.25, 0.3) is 5.91 Å². The van der Waals surface area contributed by atoms with E-state index in [0.717, 1.165) is 35.7 Å². The fourth-order valence-electron chi connectivity index (χ4n) is 4.74. The number of pyridine rings is 2. The summed E-state index contributed by atoms with van der Waals surface area (Å²) in [5.74, 6) is -0.120. The molecule has 0 aliphatic heterocycles. The van der Waals surface area contributed by atoms with E-state index in [0.29, 0.717) is 27.2 Å². The Kier molecular flexibility index (Phi) is 14.5. The molecule has 16 heteroatoms. The van der Waals surface area contributed by atoms with Gasteiger partial charge < -0.3 is 41.5 Å². The minimum absolute atomic E-state index is 0. The predicted octanol–water partition coefficient (Wildman–Crippen LogP) is 4.75. The van der Waals surface area contributed by atoms with E-state index in [1.807, 2.05) is 18.2 Å². The Morgan fingerprint density at radius 1 is 0.816 bits per heavy atom. The molecule has 11 nitrogen and oxygen atoms in total. The van der Waals surface area contributed by atoms with Gasteiger partial charge in [-0.05, 0) is 59.2 Å². The quantitative estimate of drug-likeness (QED) is 0.218. The Labute approximate surface area is 283 Å². The second-order valence-corrected chi connectivity index (χ2v) is 9.97. The number of carbonyl (C=O) groups is 1. The largest absolute Gasteiger partial charge is 0.493 e. The molecule has 0 bridgehead atoms.